The van der Waals surface area contributed by atoms with E-state index in [9.17, 15) is 14.4 Å². The second-order valence-corrected chi connectivity index (χ2v) is 10.9. The molecule has 1 N–H and O–H groups in total. The van der Waals surface area contributed by atoms with E-state index in [1.54, 1.807) is 38.1 Å². The molecular formula is C33H35NO8. The Bertz CT molecular complexity index is 1350. The minimum atomic E-state index is -0.898. The number of esters is 1. The molecule has 9 heteroatoms. The highest BCUT2D eigenvalue weighted by atomic mass is 16.8. The van der Waals surface area contributed by atoms with Crippen molar-refractivity contribution in [2.45, 2.75) is 63.6 Å². The number of amides is 1. The summed E-state index contributed by atoms with van der Waals surface area (Å²) in [7, 11) is 0. The number of nitrogens with one attached hydrogen (secondary N) is 1. The Hall–Kier alpha value is -4.05. The number of rotatable bonds is 11. The van der Waals surface area contributed by atoms with Crippen LogP contribution in [0.4, 0.5) is 4.79 Å². The summed E-state index contributed by atoms with van der Waals surface area (Å²) < 4.78 is 29.1. The van der Waals surface area contributed by atoms with Gasteiger partial charge in [0.1, 0.15) is 25.4 Å². The molecule has 1 amide bonds. The normalized spacial score (nSPS) is 23.0. The van der Waals surface area contributed by atoms with E-state index >= 15 is 0 Å². The van der Waals surface area contributed by atoms with Gasteiger partial charge in [0.25, 0.3) is 0 Å². The van der Waals surface area contributed by atoms with E-state index in [0.717, 1.165) is 11.1 Å². The van der Waals surface area contributed by atoms with E-state index in [2.05, 4.69) is 5.32 Å². The standard InChI is InChI=1S/C33H35NO8/c1-33(2)41-29-25(28(40-31(29)42-33)21-38-30(36)24-16-10-5-11-17-24)19-27(35)26(18-22-12-6-3-7-13-22)34-32(37)39-20-23-14-8-4-9-15-23/h3-17,25-26,28-29,31H,18-21H2,1-2H3,(H,34,37)/t25-,26-,28+,29?,31+/m0/s1. The molecule has 9 nitrogen and oxygen atoms in total. The molecule has 42 heavy (non-hydrogen) atoms. The van der Waals surface area contributed by atoms with Crippen LogP contribution in [0.2, 0.25) is 0 Å². The van der Waals surface area contributed by atoms with Gasteiger partial charge < -0.3 is 29.0 Å². The number of alkyl carbamates (subject to hydrolysis) is 1. The Balaban J connectivity index is 1.28. The zero-order valence-corrected chi connectivity index (χ0v) is 23.6. The number of ketones is 1. The smallest absolute Gasteiger partial charge is 0.408 e. The molecular weight excluding hydrogens is 538 g/mol. The summed E-state index contributed by atoms with van der Waals surface area (Å²) >= 11 is 0. The van der Waals surface area contributed by atoms with Gasteiger partial charge in [0.2, 0.25) is 0 Å². The minimum Gasteiger partial charge on any atom is -0.459 e. The summed E-state index contributed by atoms with van der Waals surface area (Å²) in [5.74, 6) is -2.09. The molecule has 0 spiro atoms. The van der Waals surface area contributed by atoms with E-state index < -0.39 is 48.3 Å². The molecule has 5 rings (SSSR count). The Morgan fingerprint density at radius 3 is 2.12 bits per heavy atom. The van der Waals surface area contributed by atoms with Gasteiger partial charge in [-0.1, -0.05) is 78.9 Å². The molecule has 0 bridgehead atoms. The van der Waals surface area contributed by atoms with Crippen LogP contribution in [0.15, 0.2) is 91.0 Å². The highest BCUT2D eigenvalue weighted by Crippen LogP contribution is 2.42. The number of carbonyl (C=O) groups is 3. The summed E-state index contributed by atoms with van der Waals surface area (Å²) in [6, 6.07) is 26.5. The topological polar surface area (TPSA) is 109 Å². The van der Waals surface area contributed by atoms with Crippen molar-refractivity contribution < 1.29 is 38.1 Å². The maximum atomic E-state index is 13.8. The third kappa shape index (κ3) is 7.61. The first-order valence-corrected chi connectivity index (χ1v) is 14.0. The molecule has 3 aromatic rings. The molecule has 220 valence electrons. The van der Waals surface area contributed by atoms with E-state index in [1.165, 1.54) is 0 Å². The number of hydrogen-bond donors (Lipinski definition) is 1. The highest BCUT2D eigenvalue weighted by molar-refractivity contribution is 5.89. The lowest BCUT2D eigenvalue weighted by Crippen LogP contribution is -2.45. The van der Waals surface area contributed by atoms with Crippen molar-refractivity contribution in [1.82, 2.24) is 5.32 Å². The van der Waals surface area contributed by atoms with Crippen molar-refractivity contribution in [3.63, 3.8) is 0 Å². The second-order valence-electron chi connectivity index (χ2n) is 10.9. The number of benzene rings is 3. The zero-order valence-electron chi connectivity index (χ0n) is 23.6. The van der Waals surface area contributed by atoms with Gasteiger partial charge in [0.15, 0.2) is 17.9 Å². The van der Waals surface area contributed by atoms with Crippen LogP contribution in [0.3, 0.4) is 0 Å². The van der Waals surface area contributed by atoms with Crippen LogP contribution in [0.25, 0.3) is 0 Å². The third-order valence-electron chi connectivity index (χ3n) is 7.30. The van der Waals surface area contributed by atoms with Gasteiger partial charge in [0.05, 0.1) is 11.6 Å². The number of ether oxygens (including phenoxy) is 5. The first-order chi connectivity index (χ1) is 20.3. The minimum absolute atomic E-state index is 0.00459. The summed E-state index contributed by atoms with van der Waals surface area (Å²) in [6.45, 7) is 3.55. The maximum Gasteiger partial charge on any atom is 0.408 e. The lowest BCUT2D eigenvalue weighted by atomic mass is 9.89. The molecule has 0 saturated carbocycles. The molecule has 3 aromatic carbocycles. The third-order valence-corrected chi connectivity index (χ3v) is 7.30. The summed E-state index contributed by atoms with van der Waals surface area (Å²) in [5, 5.41) is 2.76. The first-order valence-electron chi connectivity index (χ1n) is 14.0. The van der Waals surface area contributed by atoms with Crippen LogP contribution in [-0.2, 0) is 41.5 Å². The zero-order chi connectivity index (χ0) is 29.5. The van der Waals surface area contributed by atoms with Gasteiger partial charge in [0, 0.05) is 12.3 Å². The van der Waals surface area contributed by atoms with Crippen LogP contribution in [0.1, 0.15) is 41.8 Å². The molecule has 2 aliphatic rings. The predicted molar refractivity (Wildman–Crippen MR) is 152 cm³/mol. The molecule has 0 aromatic heterocycles. The maximum absolute atomic E-state index is 13.8. The van der Waals surface area contributed by atoms with E-state index in [-0.39, 0.29) is 31.8 Å². The fourth-order valence-corrected chi connectivity index (χ4v) is 5.24. The van der Waals surface area contributed by atoms with Crippen molar-refractivity contribution in [3.8, 4) is 0 Å². The van der Waals surface area contributed by atoms with E-state index in [1.807, 2.05) is 66.7 Å². The number of fused-ring (bicyclic) bond motifs is 1. The van der Waals surface area contributed by atoms with Crippen molar-refractivity contribution in [2.24, 2.45) is 5.92 Å². The average Bonchev–Trinajstić information content (AvgIpc) is 3.47. The quantitative estimate of drug-likeness (QED) is 0.325. The van der Waals surface area contributed by atoms with Gasteiger partial charge in [-0.25, -0.2) is 9.59 Å². The van der Waals surface area contributed by atoms with Crippen molar-refractivity contribution in [1.29, 1.82) is 0 Å². The van der Waals surface area contributed by atoms with Gasteiger partial charge in [-0.05, 0) is 43.5 Å². The largest absolute Gasteiger partial charge is 0.459 e. The van der Waals surface area contributed by atoms with Gasteiger partial charge in [-0.2, -0.15) is 0 Å². The Morgan fingerprint density at radius 2 is 1.45 bits per heavy atom. The van der Waals surface area contributed by atoms with Gasteiger partial charge in [-0.15, -0.1) is 0 Å². The Labute approximate surface area is 245 Å². The Morgan fingerprint density at radius 1 is 0.833 bits per heavy atom. The fraction of sp³-hybridized carbons (Fsp3) is 0.364. The molecule has 1 unspecified atom stereocenters. The van der Waals surface area contributed by atoms with Crippen LogP contribution < -0.4 is 5.32 Å². The predicted octanol–water partition coefficient (Wildman–Crippen LogP) is 4.83. The molecule has 0 radical (unpaired) electrons. The second kappa shape index (κ2) is 13.3. The molecule has 5 atom stereocenters. The number of hydrogen-bond acceptors (Lipinski definition) is 8. The van der Waals surface area contributed by atoms with Gasteiger partial charge in [-0.3, -0.25) is 4.79 Å². The Kier molecular flexibility index (Phi) is 9.31. The van der Waals surface area contributed by atoms with Crippen LogP contribution in [0.5, 0.6) is 0 Å². The number of carbonyl (C=O) groups excluding carboxylic acids is 3. The molecule has 2 aliphatic heterocycles. The van der Waals surface area contributed by atoms with Crippen LogP contribution in [-0.4, -0.2) is 54.8 Å². The van der Waals surface area contributed by atoms with Crippen molar-refractivity contribution in [3.05, 3.63) is 108 Å². The van der Waals surface area contributed by atoms with Crippen LogP contribution >= 0.6 is 0 Å². The fourth-order valence-electron chi connectivity index (χ4n) is 5.24. The van der Waals surface area contributed by atoms with E-state index in [0.29, 0.717) is 5.56 Å². The summed E-state index contributed by atoms with van der Waals surface area (Å²) in [5.41, 5.74) is 2.13. The molecule has 2 saturated heterocycles. The lowest BCUT2D eigenvalue weighted by Gasteiger charge is -2.26. The number of Topliss-reactive ketones (excluding diaryl/α,β-unsaturated/α-hetero) is 1. The summed E-state index contributed by atoms with van der Waals surface area (Å²) in [6.07, 6.45) is -2.32. The molecule has 2 heterocycles. The monoisotopic (exact) mass is 573 g/mol. The van der Waals surface area contributed by atoms with Gasteiger partial charge >= 0.3 is 12.1 Å². The van der Waals surface area contributed by atoms with Crippen molar-refractivity contribution in [2.75, 3.05) is 6.61 Å². The highest BCUT2D eigenvalue weighted by Gasteiger charge is 2.55. The SMILES string of the molecule is CC1(C)OC2[C@H](O[C@H](COC(=O)c3ccccc3)[C@@H]2CC(=O)[C@H](Cc2ccccc2)NC(=O)OCc2ccccc2)O1. The first kappa shape index (κ1) is 29.4. The average molecular weight is 574 g/mol. The van der Waals surface area contributed by atoms with E-state index in [4.69, 9.17) is 23.7 Å². The van der Waals surface area contributed by atoms with Crippen molar-refractivity contribution >= 4 is 17.8 Å². The van der Waals surface area contributed by atoms with Crippen LogP contribution in [0, 0.1) is 5.92 Å². The molecule has 2 fully saturated rings. The lowest BCUT2D eigenvalue weighted by molar-refractivity contribution is -0.213. The summed E-state index contributed by atoms with van der Waals surface area (Å²) in [4.78, 5) is 39.2. The molecule has 0 aliphatic carbocycles.